The summed E-state index contributed by atoms with van der Waals surface area (Å²) in [7, 11) is -2.72. The number of aromatic nitrogens is 2. The van der Waals surface area contributed by atoms with Crippen LogP contribution in [0.3, 0.4) is 0 Å². The number of hydrogen-bond acceptors (Lipinski definition) is 4. The van der Waals surface area contributed by atoms with Crippen LogP contribution in [-0.2, 0) is 10.0 Å². The molecule has 0 unspecified atom stereocenters. The second-order valence-electron chi connectivity index (χ2n) is 6.53. The highest BCUT2D eigenvalue weighted by molar-refractivity contribution is 7.92. The highest BCUT2D eigenvalue weighted by atomic mass is 32.2. The third-order valence-electron chi connectivity index (χ3n) is 4.50. The van der Waals surface area contributed by atoms with E-state index in [1.165, 1.54) is 13.2 Å². The van der Waals surface area contributed by atoms with Gasteiger partial charge in [0.1, 0.15) is 22.1 Å². The van der Waals surface area contributed by atoms with E-state index in [9.17, 15) is 12.8 Å². The lowest BCUT2D eigenvalue weighted by Gasteiger charge is -2.12. The SMILES string of the molecule is COc1ccc(F)cc1S(=O)(=O)Nc1cccc(-c2cn3cccc(C)c3n2)c1. The first-order valence-electron chi connectivity index (χ1n) is 8.78. The van der Waals surface area contributed by atoms with Gasteiger partial charge in [-0.2, -0.15) is 0 Å². The quantitative estimate of drug-likeness (QED) is 0.533. The average molecular weight is 411 g/mol. The molecular formula is C21H18FN3O3S. The number of halogens is 1. The van der Waals surface area contributed by atoms with Gasteiger partial charge < -0.3 is 9.14 Å². The standard InChI is InChI=1S/C21H18FN3O3S/c1-14-5-4-10-25-13-18(23-21(14)25)15-6-3-7-17(11-15)24-29(26,27)20-12-16(22)8-9-19(20)28-2/h3-13,24H,1-2H3. The number of aryl methyl sites for hydroxylation is 1. The number of hydrogen-bond donors (Lipinski definition) is 1. The minimum absolute atomic E-state index is 0.0610. The van der Waals surface area contributed by atoms with Crippen LogP contribution in [0.2, 0.25) is 0 Å². The van der Waals surface area contributed by atoms with Crippen molar-refractivity contribution in [3.63, 3.8) is 0 Å². The lowest BCUT2D eigenvalue weighted by molar-refractivity contribution is 0.401. The predicted octanol–water partition coefficient (Wildman–Crippen LogP) is 4.26. The number of anilines is 1. The number of methoxy groups -OCH3 is 1. The number of nitrogens with zero attached hydrogens (tertiary/aromatic N) is 2. The van der Waals surface area contributed by atoms with Crippen LogP contribution < -0.4 is 9.46 Å². The van der Waals surface area contributed by atoms with Crippen LogP contribution in [0.5, 0.6) is 5.75 Å². The van der Waals surface area contributed by atoms with Crippen molar-refractivity contribution in [3.05, 3.63) is 78.4 Å². The number of imidazole rings is 1. The second kappa shape index (κ2) is 7.21. The van der Waals surface area contributed by atoms with Gasteiger partial charge in [-0.05, 0) is 48.9 Å². The number of rotatable bonds is 5. The van der Waals surface area contributed by atoms with Crippen molar-refractivity contribution >= 4 is 21.4 Å². The fourth-order valence-corrected chi connectivity index (χ4v) is 4.34. The number of benzene rings is 2. The molecule has 8 heteroatoms. The molecule has 0 aliphatic rings. The lowest BCUT2D eigenvalue weighted by Crippen LogP contribution is -2.14. The third kappa shape index (κ3) is 3.66. The molecule has 1 N–H and O–H groups in total. The maximum absolute atomic E-state index is 13.6. The third-order valence-corrected chi connectivity index (χ3v) is 5.91. The maximum Gasteiger partial charge on any atom is 0.265 e. The van der Waals surface area contributed by atoms with Crippen LogP contribution >= 0.6 is 0 Å². The van der Waals surface area contributed by atoms with Crippen LogP contribution in [0, 0.1) is 12.7 Å². The normalized spacial score (nSPS) is 11.6. The van der Waals surface area contributed by atoms with Crippen molar-refractivity contribution < 1.29 is 17.5 Å². The van der Waals surface area contributed by atoms with Crippen molar-refractivity contribution in [3.8, 4) is 17.0 Å². The summed E-state index contributed by atoms with van der Waals surface area (Å²) in [6, 6.07) is 14.1. The highest BCUT2D eigenvalue weighted by Crippen LogP contribution is 2.28. The zero-order chi connectivity index (χ0) is 20.6. The van der Waals surface area contributed by atoms with Gasteiger partial charge in [0.2, 0.25) is 0 Å². The molecule has 0 saturated heterocycles. The maximum atomic E-state index is 13.6. The van der Waals surface area contributed by atoms with Gasteiger partial charge >= 0.3 is 0 Å². The second-order valence-corrected chi connectivity index (χ2v) is 8.18. The molecule has 0 spiro atoms. The fraction of sp³-hybridized carbons (Fsp3) is 0.0952. The summed E-state index contributed by atoms with van der Waals surface area (Å²) in [6.07, 6.45) is 3.78. The molecule has 0 aliphatic heterocycles. The van der Waals surface area contributed by atoms with E-state index in [0.717, 1.165) is 28.9 Å². The van der Waals surface area contributed by atoms with Gasteiger partial charge in [0.05, 0.1) is 12.8 Å². The Balaban J connectivity index is 1.70. The Morgan fingerprint density at radius 2 is 1.93 bits per heavy atom. The van der Waals surface area contributed by atoms with Gasteiger partial charge in [-0.25, -0.2) is 17.8 Å². The molecule has 6 nitrogen and oxygen atoms in total. The van der Waals surface area contributed by atoms with Crippen LogP contribution in [0.4, 0.5) is 10.1 Å². The summed E-state index contributed by atoms with van der Waals surface area (Å²) in [4.78, 5) is 4.36. The smallest absolute Gasteiger partial charge is 0.265 e. The van der Waals surface area contributed by atoms with E-state index in [2.05, 4.69) is 9.71 Å². The monoisotopic (exact) mass is 411 g/mol. The Morgan fingerprint density at radius 3 is 2.69 bits per heavy atom. The predicted molar refractivity (Wildman–Crippen MR) is 109 cm³/mol. The van der Waals surface area contributed by atoms with Gasteiger partial charge in [-0.15, -0.1) is 0 Å². The Labute approximate surface area is 167 Å². The molecule has 0 bridgehead atoms. The van der Waals surface area contributed by atoms with Gasteiger partial charge in [0.25, 0.3) is 10.0 Å². The van der Waals surface area contributed by atoms with Gasteiger partial charge in [0, 0.05) is 23.6 Å². The lowest BCUT2D eigenvalue weighted by atomic mass is 10.1. The van der Waals surface area contributed by atoms with E-state index in [4.69, 9.17) is 4.74 Å². The molecule has 0 fully saturated rings. The molecule has 0 amide bonds. The molecule has 4 aromatic rings. The number of fused-ring (bicyclic) bond motifs is 1. The number of pyridine rings is 1. The first-order valence-corrected chi connectivity index (χ1v) is 10.3. The van der Waals surface area contributed by atoms with E-state index in [1.807, 2.05) is 41.9 Å². The average Bonchev–Trinajstić information content (AvgIpc) is 3.14. The summed E-state index contributed by atoms with van der Waals surface area (Å²) < 4.78 is 48.7. The van der Waals surface area contributed by atoms with E-state index in [-0.39, 0.29) is 10.6 Å². The molecule has 2 heterocycles. The van der Waals surface area contributed by atoms with Gasteiger partial charge in [-0.1, -0.05) is 18.2 Å². The van der Waals surface area contributed by atoms with Gasteiger partial charge in [0.15, 0.2) is 0 Å². The molecule has 0 atom stereocenters. The van der Waals surface area contributed by atoms with Crippen molar-refractivity contribution in [1.82, 2.24) is 9.38 Å². The molecule has 2 aromatic heterocycles. The summed E-state index contributed by atoms with van der Waals surface area (Å²) in [5.74, 6) is -0.606. The van der Waals surface area contributed by atoms with E-state index >= 15 is 0 Å². The van der Waals surface area contributed by atoms with Crippen molar-refractivity contribution in [1.29, 1.82) is 0 Å². The molecule has 0 aliphatic carbocycles. The summed E-state index contributed by atoms with van der Waals surface area (Å²) in [5, 5.41) is 0. The molecular weight excluding hydrogens is 393 g/mol. The van der Waals surface area contributed by atoms with Crippen LogP contribution in [0.15, 0.2) is 71.9 Å². The number of nitrogens with one attached hydrogen (secondary N) is 1. The van der Waals surface area contributed by atoms with E-state index in [1.54, 1.807) is 18.2 Å². The minimum atomic E-state index is -4.05. The first-order chi connectivity index (χ1) is 13.9. The summed E-state index contributed by atoms with van der Waals surface area (Å²) in [6.45, 7) is 1.98. The molecule has 2 aromatic carbocycles. The molecule has 29 heavy (non-hydrogen) atoms. The molecule has 4 rings (SSSR count). The van der Waals surface area contributed by atoms with Crippen molar-refractivity contribution in [2.75, 3.05) is 11.8 Å². The zero-order valence-electron chi connectivity index (χ0n) is 15.8. The van der Waals surface area contributed by atoms with E-state index in [0.29, 0.717) is 11.4 Å². The molecule has 0 radical (unpaired) electrons. The first kappa shape index (κ1) is 18.9. The van der Waals surface area contributed by atoms with E-state index < -0.39 is 15.8 Å². The number of sulfonamides is 1. The Bertz CT molecular complexity index is 1320. The van der Waals surface area contributed by atoms with Crippen LogP contribution in [-0.4, -0.2) is 24.9 Å². The van der Waals surface area contributed by atoms with Crippen LogP contribution in [0.1, 0.15) is 5.56 Å². The molecule has 0 saturated carbocycles. The largest absolute Gasteiger partial charge is 0.495 e. The molecule has 148 valence electrons. The van der Waals surface area contributed by atoms with Crippen LogP contribution in [0.25, 0.3) is 16.9 Å². The van der Waals surface area contributed by atoms with Crippen molar-refractivity contribution in [2.45, 2.75) is 11.8 Å². The zero-order valence-corrected chi connectivity index (χ0v) is 16.6. The minimum Gasteiger partial charge on any atom is -0.495 e. The summed E-state index contributed by atoms with van der Waals surface area (Å²) >= 11 is 0. The summed E-state index contributed by atoms with van der Waals surface area (Å²) in [5.41, 5.74) is 3.66. The van der Waals surface area contributed by atoms with Gasteiger partial charge in [-0.3, -0.25) is 4.72 Å². The Hall–Kier alpha value is -3.39. The topological polar surface area (TPSA) is 72.7 Å². The Kier molecular flexibility index (Phi) is 4.71. The highest BCUT2D eigenvalue weighted by Gasteiger charge is 2.21. The van der Waals surface area contributed by atoms with Crippen molar-refractivity contribution in [2.24, 2.45) is 0 Å². The Morgan fingerprint density at radius 1 is 1.10 bits per heavy atom. The number of ether oxygens (including phenoxy) is 1. The fourth-order valence-electron chi connectivity index (χ4n) is 3.11.